The van der Waals surface area contributed by atoms with E-state index in [-0.39, 0.29) is 46.5 Å². The van der Waals surface area contributed by atoms with Crippen LogP contribution in [0.5, 0.6) is 0 Å². The fourth-order valence-corrected chi connectivity index (χ4v) is 4.69. The summed E-state index contributed by atoms with van der Waals surface area (Å²) in [5.74, 6) is -1.22. The molecule has 0 bridgehead atoms. The first-order chi connectivity index (χ1) is 18.6. The summed E-state index contributed by atoms with van der Waals surface area (Å²) in [6.45, 7) is 4.46. The molecule has 2 aromatic carbocycles. The summed E-state index contributed by atoms with van der Waals surface area (Å²) in [6.07, 6.45) is -8.86. The van der Waals surface area contributed by atoms with Gasteiger partial charge >= 0.3 is 12.4 Å². The van der Waals surface area contributed by atoms with E-state index in [1.165, 1.54) is 31.4 Å². The number of carbonyl (C=O) groups is 1. The number of piperazine rings is 1. The Morgan fingerprint density at radius 1 is 1.00 bits per heavy atom. The first-order valence-corrected chi connectivity index (χ1v) is 12.3. The number of benzene rings is 2. The number of nitrogens with one attached hydrogen (secondary N) is 1. The Hall–Kier alpha value is -3.74. The third-order valence-corrected chi connectivity index (χ3v) is 6.39. The van der Waals surface area contributed by atoms with Crippen LogP contribution in [0.3, 0.4) is 0 Å². The van der Waals surface area contributed by atoms with Crippen molar-refractivity contribution in [3.63, 3.8) is 0 Å². The molecule has 0 unspecified atom stereocenters. The van der Waals surface area contributed by atoms with E-state index in [0.29, 0.717) is 25.2 Å². The summed E-state index contributed by atoms with van der Waals surface area (Å²) in [5, 5.41) is 3.37. The average Bonchev–Trinajstić information content (AvgIpc) is 2.86. The minimum atomic E-state index is -5.03. The number of amides is 1. The van der Waals surface area contributed by atoms with Crippen LogP contribution in [0, 0.1) is 5.82 Å². The van der Waals surface area contributed by atoms with E-state index < -0.39 is 41.7 Å². The lowest BCUT2D eigenvalue weighted by molar-refractivity contribution is -0.143. The van der Waals surface area contributed by atoms with Gasteiger partial charge in [-0.05, 0) is 49.7 Å². The Balaban J connectivity index is 1.72. The molecular weight excluding hydrogens is 543 g/mol. The average molecular weight is 570 g/mol. The van der Waals surface area contributed by atoms with Crippen LogP contribution >= 0.6 is 0 Å². The van der Waals surface area contributed by atoms with Crippen LogP contribution in [-0.2, 0) is 18.9 Å². The third-order valence-electron chi connectivity index (χ3n) is 6.39. The second-order valence-electron chi connectivity index (χ2n) is 9.86. The standard InChI is InChI=1S/C27H26F7N5O/c1-15-12-39(13-16(2)36-15)25-35-11-21(23(37-25)20-6-4-5-7-22(20)28)24(40)38(3)14-17-8-18(26(29,30)31)10-19(9-17)27(32,33)34/h4-11,15-16,36H,12-14H2,1-3H3/t15-,16+. The lowest BCUT2D eigenvalue weighted by Gasteiger charge is -2.36. The van der Waals surface area contributed by atoms with E-state index in [4.69, 9.17) is 0 Å². The van der Waals surface area contributed by atoms with Gasteiger partial charge in [-0.15, -0.1) is 0 Å². The van der Waals surface area contributed by atoms with Crippen molar-refractivity contribution in [2.75, 3.05) is 25.0 Å². The molecule has 1 fully saturated rings. The number of rotatable bonds is 5. The van der Waals surface area contributed by atoms with Crippen LogP contribution in [0.1, 0.15) is 40.9 Å². The van der Waals surface area contributed by atoms with E-state index in [1.54, 1.807) is 6.07 Å². The smallest absolute Gasteiger partial charge is 0.338 e. The summed E-state index contributed by atoms with van der Waals surface area (Å²) in [6, 6.07) is 6.96. The first-order valence-electron chi connectivity index (χ1n) is 12.3. The zero-order chi connectivity index (χ0) is 29.4. The number of alkyl halides is 6. The minimum absolute atomic E-state index is 0.00226. The molecule has 1 aliphatic rings. The van der Waals surface area contributed by atoms with E-state index in [1.807, 2.05) is 18.7 Å². The summed E-state index contributed by atoms with van der Waals surface area (Å²) < 4.78 is 94.7. The van der Waals surface area contributed by atoms with Crippen LogP contribution in [0.15, 0.2) is 48.7 Å². The van der Waals surface area contributed by atoms with Crippen LogP contribution < -0.4 is 10.2 Å². The second kappa shape index (κ2) is 11.0. The predicted octanol–water partition coefficient (Wildman–Crippen LogP) is 5.78. The third kappa shape index (κ3) is 6.52. The molecular formula is C27H26F7N5O. The number of hydrogen-bond donors (Lipinski definition) is 1. The molecule has 0 saturated carbocycles. The van der Waals surface area contributed by atoms with Crippen molar-refractivity contribution in [1.82, 2.24) is 20.2 Å². The lowest BCUT2D eigenvalue weighted by atomic mass is 10.0. The van der Waals surface area contributed by atoms with Crippen LogP contribution in [-0.4, -0.2) is 53.0 Å². The maximum atomic E-state index is 14.9. The fraction of sp³-hybridized carbons (Fsp3) is 0.370. The van der Waals surface area contributed by atoms with Crippen molar-refractivity contribution >= 4 is 11.9 Å². The summed E-state index contributed by atoms with van der Waals surface area (Å²) >= 11 is 0. The van der Waals surface area contributed by atoms with Gasteiger partial charge in [0.15, 0.2) is 0 Å². The molecule has 1 aromatic heterocycles. The van der Waals surface area contributed by atoms with Gasteiger partial charge < -0.3 is 15.1 Å². The maximum absolute atomic E-state index is 14.9. The van der Waals surface area contributed by atoms with Crippen molar-refractivity contribution in [2.45, 2.75) is 44.8 Å². The minimum Gasteiger partial charge on any atom is -0.338 e. The van der Waals surface area contributed by atoms with Gasteiger partial charge in [-0.25, -0.2) is 14.4 Å². The van der Waals surface area contributed by atoms with Crippen LogP contribution in [0.4, 0.5) is 36.7 Å². The van der Waals surface area contributed by atoms with Crippen molar-refractivity contribution in [1.29, 1.82) is 0 Å². The zero-order valence-electron chi connectivity index (χ0n) is 21.7. The quantitative estimate of drug-likeness (QED) is 0.395. The fourth-order valence-electron chi connectivity index (χ4n) is 4.69. The maximum Gasteiger partial charge on any atom is 0.416 e. The van der Waals surface area contributed by atoms with E-state index in [2.05, 4.69) is 15.3 Å². The number of aromatic nitrogens is 2. The highest BCUT2D eigenvalue weighted by Crippen LogP contribution is 2.37. The highest BCUT2D eigenvalue weighted by molar-refractivity contribution is 5.99. The number of nitrogens with zero attached hydrogens (tertiary/aromatic N) is 4. The Morgan fingerprint density at radius 2 is 1.57 bits per heavy atom. The van der Waals surface area contributed by atoms with E-state index >= 15 is 0 Å². The molecule has 1 saturated heterocycles. The summed E-state index contributed by atoms with van der Waals surface area (Å²) in [7, 11) is 1.22. The molecule has 3 aromatic rings. The Kier molecular flexibility index (Phi) is 8.06. The van der Waals surface area contributed by atoms with E-state index in [9.17, 15) is 35.5 Å². The van der Waals surface area contributed by atoms with Gasteiger partial charge in [0, 0.05) is 50.5 Å². The van der Waals surface area contributed by atoms with Crippen LogP contribution in [0.2, 0.25) is 0 Å². The number of anilines is 1. The highest BCUT2D eigenvalue weighted by atomic mass is 19.4. The van der Waals surface area contributed by atoms with Crippen molar-refractivity contribution in [3.8, 4) is 11.3 Å². The number of halogens is 7. The van der Waals surface area contributed by atoms with Gasteiger partial charge in [-0.3, -0.25) is 4.79 Å². The zero-order valence-corrected chi connectivity index (χ0v) is 21.7. The van der Waals surface area contributed by atoms with Crippen molar-refractivity contribution in [2.24, 2.45) is 0 Å². The predicted molar refractivity (Wildman–Crippen MR) is 134 cm³/mol. The van der Waals surface area contributed by atoms with Gasteiger partial charge in [-0.2, -0.15) is 26.3 Å². The van der Waals surface area contributed by atoms with E-state index in [0.717, 1.165) is 4.90 Å². The largest absolute Gasteiger partial charge is 0.416 e. The molecule has 40 heavy (non-hydrogen) atoms. The molecule has 214 valence electrons. The lowest BCUT2D eigenvalue weighted by Crippen LogP contribution is -2.54. The summed E-state index contributed by atoms with van der Waals surface area (Å²) in [5.41, 5.74) is -3.56. The first kappa shape index (κ1) is 29.2. The molecule has 2 heterocycles. The topological polar surface area (TPSA) is 61.4 Å². The Morgan fingerprint density at radius 3 is 2.12 bits per heavy atom. The molecule has 0 aliphatic carbocycles. The van der Waals surface area contributed by atoms with Crippen molar-refractivity contribution in [3.05, 3.63) is 76.7 Å². The molecule has 1 aliphatic heterocycles. The highest BCUT2D eigenvalue weighted by Gasteiger charge is 2.37. The van der Waals surface area contributed by atoms with Gasteiger partial charge in [-0.1, -0.05) is 12.1 Å². The summed E-state index contributed by atoms with van der Waals surface area (Å²) in [4.78, 5) is 25.1. The molecule has 4 rings (SSSR count). The van der Waals surface area contributed by atoms with Gasteiger partial charge in [0.1, 0.15) is 5.82 Å². The van der Waals surface area contributed by atoms with Gasteiger partial charge in [0.05, 0.1) is 22.4 Å². The van der Waals surface area contributed by atoms with Crippen molar-refractivity contribution < 1.29 is 35.5 Å². The molecule has 6 nitrogen and oxygen atoms in total. The van der Waals surface area contributed by atoms with Gasteiger partial charge in [0.25, 0.3) is 5.91 Å². The molecule has 13 heteroatoms. The molecule has 1 amide bonds. The number of carbonyl (C=O) groups excluding carboxylic acids is 1. The molecule has 1 N–H and O–H groups in total. The van der Waals surface area contributed by atoms with Crippen LogP contribution in [0.25, 0.3) is 11.3 Å². The second-order valence-corrected chi connectivity index (χ2v) is 9.86. The normalized spacial score (nSPS) is 18.1. The number of hydrogen-bond acceptors (Lipinski definition) is 5. The molecule has 2 atom stereocenters. The molecule has 0 radical (unpaired) electrons. The monoisotopic (exact) mass is 569 g/mol. The Bertz CT molecular complexity index is 1350. The molecule has 0 spiro atoms. The van der Waals surface area contributed by atoms with Gasteiger partial charge in [0.2, 0.25) is 5.95 Å². The SMILES string of the molecule is C[C@@H]1CN(c2ncc(C(=O)N(C)Cc3cc(C(F)(F)F)cc(C(F)(F)F)c3)c(-c3ccccc3F)n2)C[C@H](C)N1. The Labute approximate surface area is 225 Å².